The predicted octanol–water partition coefficient (Wildman–Crippen LogP) is 1.44. The first-order chi connectivity index (χ1) is 8.82. The number of thiocarbonyl (C=S) groups is 1. The maximum atomic E-state index is 12.8. The lowest BCUT2D eigenvalue weighted by atomic mass is 10.1. The summed E-state index contributed by atoms with van der Waals surface area (Å²) in [6.07, 6.45) is -3.78. The first-order valence-corrected chi connectivity index (χ1v) is 6.30. The topological polar surface area (TPSA) is 47.7 Å². The summed E-state index contributed by atoms with van der Waals surface area (Å²) >= 11 is 4.51. The van der Waals surface area contributed by atoms with Crippen LogP contribution in [0.15, 0.2) is 0 Å². The van der Waals surface area contributed by atoms with E-state index in [-0.39, 0.29) is 6.54 Å². The highest BCUT2D eigenvalue weighted by atomic mass is 32.1. The molecule has 0 saturated carbocycles. The molecule has 0 aliphatic heterocycles. The minimum Gasteiger partial charge on any atom is -0.393 e. The average molecular weight is 302 g/mol. The van der Waals surface area contributed by atoms with Gasteiger partial charge in [-0.2, -0.15) is 13.2 Å². The summed E-state index contributed by atoms with van der Waals surface area (Å²) in [5, 5.41) is 0. The Labute approximate surface area is 117 Å². The van der Waals surface area contributed by atoms with Crippen molar-refractivity contribution in [2.24, 2.45) is 11.7 Å². The standard InChI is InChI=1S/C11H21F3N2O2S/c1-17-6-3-4-16(5-7-18-2)8-9(10(15)19)11(12,13)14/h9H,3-8H2,1-2H3,(H2,15,19). The van der Waals surface area contributed by atoms with Gasteiger partial charge in [0.05, 0.1) is 11.6 Å². The number of halogens is 3. The smallest absolute Gasteiger partial charge is 0.393 e. The van der Waals surface area contributed by atoms with Crippen LogP contribution < -0.4 is 5.73 Å². The largest absolute Gasteiger partial charge is 0.399 e. The molecular weight excluding hydrogens is 281 g/mol. The molecule has 19 heavy (non-hydrogen) atoms. The van der Waals surface area contributed by atoms with Gasteiger partial charge in [0, 0.05) is 40.5 Å². The van der Waals surface area contributed by atoms with Gasteiger partial charge in [-0.3, -0.25) is 4.90 Å². The van der Waals surface area contributed by atoms with Crippen LogP contribution in [0.3, 0.4) is 0 Å². The van der Waals surface area contributed by atoms with Gasteiger partial charge in [0.1, 0.15) is 5.92 Å². The molecule has 0 heterocycles. The summed E-state index contributed by atoms with van der Waals surface area (Å²) in [7, 11) is 3.05. The molecule has 0 fully saturated rings. The van der Waals surface area contributed by atoms with Gasteiger partial charge in [0.2, 0.25) is 0 Å². The average Bonchev–Trinajstić information content (AvgIpc) is 2.30. The second-order valence-corrected chi connectivity index (χ2v) is 4.61. The Kier molecular flexibility index (Phi) is 9.24. The van der Waals surface area contributed by atoms with E-state index in [0.717, 1.165) is 0 Å². The molecule has 1 atom stereocenters. The van der Waals surface area contributed by atoms with Crippen LogP contribution in [0.5, 0.6) is 0 Å². The van der Waals surface area contributed by atoms with Crippen molar-refractivity contribution < 1.29 is 22.6 Å². The number of ether oxygens (including phenoxy) is 2. The van der Waals surface area contributed by atoms with E-state index in [1.54, 1.807) is 12.0 Å². The van der Waals surface area contributed by atoms with Crippen LogP contribution in [-0.4, -0.2) is 63.1 Å². The maximum Gasteiger partial charge on any atom is 0.399 e. The van der Waals surface area contributed by atoms with Gasteiger partial charge < -0.3 is 15.2 Å². The second-order valence-electron chi connectivity index (χ2n) is 4.14. The van der Waals surface area contributed by atoms with Crippen molar-refractivity contribution in [2.75, 3.05) is 47.1 Å². The molecule has 0 rings (SSSR count). The third-order valence-electron chi connectivity index (χ3n) is 2.61. The monoisotopic (exact) mass is 302 g/mol. The van der Waals surface area contributed by atoms with Gasteiger partial charge in [-0.15, -0.1) is 0 Å². The predicted molar refractivity (Wildman–Crippen MR) is 71.1 cm³/mol. The van der Waals surface area contributed by atoms with Crippen LogP contribution >= 0.6 is 12.2 Å². The lowest BCUT2D eigenvalue weighted by Gasteiger charge is -2.28. The molecule has 8 heteroatoms. The van der Waals surface area contributed by atoms with Crippen LogP contribution in [0, 0.1) is 5.92 Å². The molecule has 2 N–H and O–H groups in total. The molecule has 0 aliphatic carbocycles. The molecule has 0 radical (unpaired) electrons. The Morgan fingerprint density at radius 2 is 1.79 bits per heavy atom. The zero-order valence-corrected chi connectivity index (χ0v) is 12.0. The molecular formula is C11H21F3N2O2S. The summed E-state index contributed by atoms with van der Waals surface area (Å²) in [6.45, 7) is 1.48. The zero-order chi connectivity index (χ0) is 14.9. The van der Waals surface area contributed by atoms with Gasteiger partial charge >= 0.3 is 6.18 Å². The van der Waals surface area contributed by atoms with E-state index >= 15 is 0 Å². The van der Waals surface area contributed by atoms with Crippen molar-refractivity contribution in [3.63, 3.8) is 0 Å². The Morgan fingerprint density at radius 1 is 1.21 bits per heavy atom. The van der Waals surface area contributed by atoms with Crippen molar-refractivity contribution in [1.82, 2.24) is 4.90 Å². The highest BCUT2D eigenvalue weighted by molar-refractivity contribution is 7.80. The van der Waals surface area contributed by atoms with Crippen molar-refractivity contribution >= 4 is 17.2 Å². The third-order valence-corrected chi connectivity index (χ3v) is 2.90. The molecule has 114 valence electrons. The minimum atomic E-state index is -4.42. The molecule has 1 unspecified atom stereocenters. The number of hydrogen-bond acceptors (Lipinski definition) is 4. The molecule has 4 nitrogen and oxygen atoms in total. The zero-order valence-electron chi connectivity index (χ0n) is 11.2. The van der Waals surface area contributed by atoms with E-state index in [9.17, 15) is 13.2 Å². The van der Waals surface area contributed by atoms with Crippen LogP contribution in [0.25, 0.3) is 0 Å². The lowest BCUT2D eigenvalue weighted by Crippen LogP contribution is -2.44. The number of alkyl halides is 3. The van der Waals surface area contributed by atoms with E-state index in [1.807, 2.05) is 0 Å². The normalized spacial score (nSPS) is 13.8. The molecule has 0 aromatic heterocycles. The summed E-state index contributed by atoms with van der Waals surface area (Å²) < 4.78 is 48.1. The molecule has 0 aromatic rings. The fraction of sp³-hybridized carbons (Fsp3) is 0.909. The highest BCUT2D eigenvalue weighted by Crippen LogP contribution is 2.27. The number of nitrogens with two attached hydrogens (primary N) is 1. The molecule has 0 spiro atoms. The van der Waals surface area contributed by atoms with Gasteiger partial charge in [-0.25, -0.2) is 0 Å². The van der Waals surface area contributed by atoms with Crippen LogP contribution in [0.2, 0.25) is 0 Å². The molecule has 0 bridgehead atoms. The Hall–Kier alpha value is -0.440. The number of methoxy groups -OCH3 is 2. The fourth-order valence-electron chi connectivity index (χ4n) is 1.56. The van der Waals surface area contributed by atoms with Crippen molar-refractivity contribution in [3.05, 3.63) is 0 Å². The SMILES string of the molecule is COCCCN(CCOC)CC(C(N)=S)C(F)(F)F. The molecule has 0 aromatic carbocycles. The summed E-state index contributed by atoms with van der Waals surface area (Å²) in [4.78, 5) is 1.11. The first-order valence-electron chi connectivity index (χ1n) is 5.89. The highest BCUT2D eigenvalue weighted by Gasteiger charge is 2.42. The second kappa shape index (κ2) is 9.46. The Balaban J connectivity index is 4.51. The van der Waals surface area contributed by atoms with Crippen LogP contribution in [-0.2, 0) is 9.47 Å². The van der Waals surface area contributed by atoms with Gasteiger partial charge in [0.25, 0.3) is 0 Å². The van der Waals surface area contributed by atoms with Crippen molar-refractivity contribution in [1.29, 1.82) is 0 Å². The van der Waals surface area contributed by atoms with Gasteiger partial charge in [-0.05, 0) is 6.42 Å². The maximum absolute atomic E-state index is 12.8. The number of hydrogen-bond donors (Lipinski definition) is 1. The summed E-state index contributed by atoms with van der Waals surface area (Å²) in [5.41, 5.74) is 5.18. The van der Waals surface area contributed by atoms with Crippen molar-refractivity contribution in [3.8, 4) is 0 Å². The summed E-state index contributed by atoms with van der Waals surface area (Å²) in [6, 6.07) is 0. The van der Waals surface area contributed by atoms with E-state index in [2.05, 4.69) is 12.2 Å². The van der Waals surface area contributed by atoms with Crippen molar-refractivity contribution in [2.45, 2.75) is 12.6 Å². The molecule has 0 aliphatic rings. The molecule has 0 amide bonds. The molecule has 0 saturated heterocycles. The lowest BCUT2D eigenvalue weighted by molar-refractivity contribution is -0.159. The van der Waals surface area contributed by atoms with E-state index in [1.165, 1.54) is 7.11 Å². The van der Waals surface area contributed by atoms with Crippen LogP contribution in [0.4, 0.5) is 13.2 Å². The van der Waals surface area contributed by atoms with Gasteiger partial charge in [0.15, 0.2) is 0 Å². The fourth-order valence-corrected chi connectivity index (χ4v) is 1.77. The van der Waals surface area contributed by atoms with Gasteiger partial charge in [-0.1, -0.05) is 12.2 Å². The number of nitrogens with zero attached hydrogens (tertiary/aromatic N) is 1. The van der Waals surface area contributed by atoms with E-state index in [4.69, 9.17) is 15.2 Å². The van der Waals surface area contributed by atoms with Crippen LogP contribution in [0.1, 0.15) is 6.42 Å². The van der Waals surface area contributed by atoms with E-state index in [0.29, 0.717) is 32.7 Å². The minimum absolute atomic E-state index is 0.244. The quantitative estimate of drug-likeness (QED) is 0.489. The van der Waals surface area contributed by atoms with E-state index < -0.39 is 17.1 Å². The third kappa shape index (κ3) is 8.35. The summed E-state index contributed by atoms with van der Waals surface area (Å²) in [5.74, 6) is -1.79. The number of rotatable bonds is 10. The first kappa shape index (κ1) is 18.6. The Morgan fingerprint density at radius 3 is 2.21 bits per heavy atom. The Bertz CT molecular complexity index is 265.